The number of likely N-dealkylation sites (N-methyl/N-ethyl adjacent to an activating group) is 1. The zero-order chi connectivity index (χ0) is 16.8. The molecule has 2 aromatic rings. The van der Waals surface area contributed by atoms with E-state index >= 15 is 0 Å². The van der Waals surface area contributed by atoms with Crippen molar-refractivity contribution in [1.29, 1.82) is 0 Å². The number of carbonyl (C=O) groups is 1. The van der Waals surface area contributed by atoms with Gasteiger partial charge in [-0.25, -0.2) is 0 Å². The number of nitrogens with zero attached hydrogens (tertiary/aromatic N) is 1. The lowest BCUT2D eigenvalue weighted by Gasteiger charge is -2.23. The summed E-state index contributed by atoms with van der Waals surface area (Å²) in [6.07, 6.45) is 0. The van der Waals surface area contributed by atoms with Crippen molar-refractivity contribution in [2.24, 2.45) is 0 Å². The van der Waals surface area contributed by atoms with Gasteiger partial charge < -0.3 is 10.2 Å². The van der Waals surface area contributed by atoms with Crippen molar-refractivity contribution < 1.29 is 4.79 Å². The van der Waals surface area contributed by atoms with E-state index in [9.17, 15) is 4.79 Å². The Morgan fingerprint density at radius 2 is 1.61 bits per heavy atom. The first-order valence-corrected chi connectivity index (χ1v) is 8.12. The molecule has 1 atom stereocenters. The minimum absolute atomic E-state index is 0.0850. The minimum atomic E-state index is -0.256. The molecule has 0 bridgehead atoms. The van der Waals surface area contributed by atoms with E-state index in [0.29, 0.717) is 12.5 Å². The number of benzene rings is 2. The Morgan fingerprint density at radius 1 is 1.00 bits per heavy atom. The monoisotopic (exact) mass is 310 g/mol. The summed E-state index contributed by atoms with van der Waals surface area (Å²) in [5.74, 6) is 0.599. The Bertz CT molecular complexity index is 620. The van der Waals surface area contributed by atoms with E-state index in [1.807, 2.05) is 56.4 Å². The topological polar surface area (TPSA) is 32.3 Å². The van der Waals surface area contributed by atoms with Crippen molar-refractivity contribution in [2.45, 2.75) is 39.3 Å². The quantitative estimate of drug-likeness (QED) is 0.864. The fraction of sp³-hybridized carbons (Fsp3) is 0.350. The molecule has 1 unspecified atom stereocenters. The van der Waals surface area contributed by atoms with Crippen LogP contribution in [0.4, 0.5) is 5.69 Å². The van der Waals surface area contributed by atoms with Gasteiger partial charge in [0.05, 0.1) is 0 Å². The highest BCUT2D eigenvalue weighted by Crippen LogP contribution is 2.18. The molecular formula is C20H26N2O. The van der Waals surface area contributed by atoms with Crippen LogP contribution in [0.1, 0.15) is 37.8 Å². The molecule has 0 spiro atoms. The minimum Gasteiger partial charge on any atom is -0.374 e. The summed E-state index contributed by atoms with van der Waals surface area (Å²) in [6.45, 7) is 6.87. The van der Waals surface area contributed by atoms with Crippen molar-refractivity contribution in [3.8, 4) is 0 Å². The van der Waals surface area contributed by atoms with Crippen molar-refractivity contribution in [2.75, 3.05) is 12.4 Å². The van der Waals surface area contributed by atoms with Crippen LogP contribution >= 0.6 is 0 Å². The Hall–Kier alpha value is -2.29. The average Bonchev–Trinajstić information content (AvgIpc) is 2.55. The summed E-state index contributed by atoms with van der Waals surface area (Å²) >= 11 is 0. The third kappa shape index (κ3) is 4.85. The molecule has 0 saturated heterocycles. The van der Waals surface area contributed by atoms with Crippen molar-refractivity contribution in [1.82, 2.24) is 4.90 Å². The SMILES string of the molecule is CC(Nc1ccc(C(C)C)cc1)C(=O)N(C)Cc1ccccc1. The molecule has 0 aromatic heterocycles. The van der Waals surface area contributed by atoms with E-state index < -0.39 is 0 Å². The second-order valence-electron chi connectivity index (χ2n) is 6.32. The number of carbonyl (C=O) groups excluding carboxylic acids is 1. The zero-order valence-electron chi connectivity index (χ0n) is 14.4. The maximum atomic E-state index is 12.5. The van der Waals surface area contributed by atoms with Crippen LogP contribution in [0.2, 0.25) is 0 Å². The fourth-order valence-corrected chi connectivity index (χ4v) is 2.54. The van der Waals surface area contributed by atoms with E-state index in [0.717, 1.165) is 11.3 Å². The Kier molecular flexibility index (Phi) is 5.80. The number of amides is 1. The molecule has 2 aromatic carbocycles. The van der Waals surface area contributed by atoms with Gasteiger partial charge in [-0.3, -0.25) is 4.79 Å². The molecule has 0 aliphatic rings. The highest BCUT2D eigenvalue weighted by atomic mass is 16.2. The number of nitrogens with one attached hydrogen (secondary N) is 1. The van der Waals surface area contributed by atoms with Gasteiger partial charge in [0.15, 0.2) is 0 Å². The molecule has 1 N–H and O–H groups in total. The number of hydrogen-bond acceptors (Lipinski definition) is 2. The van der Waals surface area contributed by atoms with Gasteiger partial charge in [-0.15, -0.1) is 0 Å². The van der Waals surface area contributed by atoms with Gasteiger partial charge in [0, 0.05) is 19.3 Å². The molecule has 0 saturated carbocycles. The van der Waals surface area contributed by atoms with Gasteiger partial charge in [-0.05, 0) is 36.1 Å². The van der Waals surface area contributed by atoms with Crippen LogP contribution in [0.3, 0.4) is 0 Å². The third-order valence-corrected chi connectivity index (χ3v) is 3.97. The maximum absolute atomic E-state index is 12.5. The molecule has 23 heavy (non-hydrogen) atoms. The summed E-state index contributed by atoms with van der Waals surface area (Å²) in [6, 6.07) is 18.1. The van der Waals surface area contributed by atoms with Crippen LogP contribution in [-0.4, -0.2) is 23.9 Å². The predicted molar refractivity (Wildman–Crippen MR) is 96.5 cm³/mol. The zero-order valence-corrected chi connectivity index (χ0v) is 14.4. The molecule has 122 valence electrons. The molecule has 2 rings (SSSR count). The lowest BCUT2D eigenvalue weighted by atomic mass is 10.0. The predicted octanol–water partition coefficient (Wildman–Crippen LogP) is 4.27. The average molecular weight is 310 g/mol. The highest BCUT2D eigenvalue weighted by molar-refractivity contribution is 5.84. The summed E-state index contributed by atoms with van der Waals surface area (Å²) in [4.78, 5) is 14.2. The summed E-state index contributed by atoms with van der Waals surface area (Å²) < 4.78 is 0. The molecular weight excluding hydrogens is 284 g/mol. The van der Waals surface area contributed by atoms with E-state index in [2.05, 4.69) is 31.3 Å². The fourth-order valence-electron chi connectivity index (χ4n) is 2.54. The van der Waals surface area contributed by atoms with Gasteiger partial charge in [0.25, 0.3) is 0 Å². The Morgan fingerprint density at radius 3 is 2.17 bits per heavy atom. The number of anilines is 1. The van der Waals surface area contributed by atoms with E-state index in [1.54, 1.807) is 4.90 Å². The van der Waals surface area contributed by atoms with Crippen LogP contribution < -0.4 is 5.32 Å². The molecule has 3 nitrogen and oxygen atoms in total. The standard InChI is InChI=1S/C20H26N2O/c1-15(2)18-10-12-19(13-11-18)21-16(3)20(23)22(4)14-17-8-6-5-7-9-17/h5-13,15-16,21H,14H2,1-4H3. The van der Waals surface area contributed by atoms with Crippen LogP contribution in [0.25, 0.3) is 0 Å². The maximum Gasteiger partial charge on any atom is 0.244 e. The number of rotatable bonds is 6. The molecule has 0 radical (unpaired) electrons. The lowest BCUT2D eigenvalue weighted by molar-refractivity contribution is -0.130. The van der Waals surface area contributed by atoms with Crippen molar-refractivity contribution in [3.63, 3.8) is 0 Å². The molecule has 0 heterocycles. The highest BCUT2D eigenvalue weighted by Gasteiger charge is 2.17. The van der Waals surface area contributed by atoms with Crippen molar-refractivity contribution >= 4 is 11.6 Å². The van der Waals surface area contributed by atoms with Gasteiger partial charge in [-0.1, -0.05) is 56.3 Å². The van der Waals surface area contributed by atoms with E-state index in [4.69, 9.17) is 0 Å². The van der Waals surface area contributed by atoms with E-state index in [1.165, 1.54) is 5.56 Å². The van der Waals surface area contributed by atoms with Gasteiger partial charge >= 0.3 is 0 Å². The van der Waals surface area contributed by atoms with E-state index in [-0.39, 0.29) is 11.9 Å². The van der Waals surface area contributed by atoms with Crippen molar-refractivity contribution in [3.05, 3.63) is 65.7 Å². The molecule has 3 heteroatoms. The second kappa shape index (κ2) is 7.82. The van der Waals surface area contributed by atoms with Gasteiger partial charge in [0.2, 0.25) is 5.91 Å². The summed E-state index contributed by atoms with van der Waals surface area (Å²) in [7, 11) is 1.84. The summed E-state index contributed by atoms with van der Waals surface area (Å²) in [5.41, 5.74) is 3.41. The van der Waals surface area contributed by atoms with Crippen LogP contribution in [0, 0.1) is 0 Å². The van der Waals surface area contributed by atoms with Gasteiger partial charge in [0.1, 0.15) is 6.04 Å². The first-order valence-electron chi connectivity index (χ1n) is 8.12. The van der Waals surface area contributed by atoms with Crippen LogP contribution in [-0.2, 0) is 11.3 Å². The largest absolute Gasteiger partial charge is 0.374 e. The number of hydrogen-bond donors (Lipinski definition) is 1. The smallest absolute Gasteiger partial charge is 0.244 e. The van der Waals surface area contributed by atoms with Crippen LogP contribution in [0.15, 0.2) is 54.6 Å². The third-order valence-electron chi connectivity index (χ3n) is 3.97. The second-order valence-corrected chi connectivity index (χ2v) is 6.32. The molecule has 0 fully saturated rings. The summed E-state index contributed by atoms with van der Waals surface area (Å²) in [5, 5.41) is 3.28. The van der Waals surface area contributed by atoms with Crippen LogP contribution in [0.5, 0.6) is 0 Å². The Labute approximate surface area is 139 Å². The first-order chi connectivity index (χ1) is 11.0. The molecule has 0 aliphatic carbocycles. The lowest BCUT2D eigenvalue weighted by Crippen LogP contribution is -2.38. The molecule has 1 amide bonds. The normalized spacial score (nSPS) is 12.0. The molecule has 0 aliphatic heterocycles. The Balaban J connectivity index is 1.93. The van der Waals surface area contributed by atoms with Gasteiger partial charge in [-0.2, -0.15) is 0 Å². The first kappa shape index (κ1) is 17.1.